The topological polar surface area (TPSA) is 32.3 Å². The Bertz CT molecular complexity index is 373. The first-order chi connectivity index (χ1) is 8.32. The van der Waals surface area contributed by atoms with Crippen LogP contribution >= 0.6 is 11.6 Å². The average molecular weight is 274 g/mol. The van der Waals surface area contributed by atoms with Crippen LogP contribution in [0.25, 0.3) is 0 Å². The first-order valence-corrected chi connectivity index (χ1v) is 6.51. The van der Waals surface area contributed by atoms with Gasteiger partial charge in [-0.25, -0.2) is 4.39 Å². The summed E-state index contributed by atoms with van der Waals surface area (Å²) in [4.78, 5) is 0. The molecule has 0 radical (unpaired) electrons. The number of nitrogens with one attached hydrogen (secondary N) is 1. The van der Waals surface area contributed by atoms with Crippen LogP contribution in [0.4, 0.5) is 4.39 Å². The first-order valence-electron chi connectivity index (χ1n) is 6.13. The highest BCUT2D eigenvalue weighted by atomic mass is 35.5. The molecule has 0 fully saturated rings. The molecule has 0 aliphatic carbocycles. The van der Waals surface area contributed by atoms with E-state index in [1.807, 2.05) is 0 Å². The van der Waals surface area contributed by atoms with E-state index >= 15 is 0 Å². The van der Waals surface area contributed by atoms with Gasteiger partial charge in [0.1, 0.15) is 5.82 Å². The highest BCUT2D eigenvalue weighted by Gasteiger charge is 2.20. The minimum Gasteiger partial charge on any atom is -0.393 e. The second-order valence-electron chi connectivity index (χ2n) is 5.52. The lowest BCUT2D eigenvalue weighted by Gasteiger charge is -2.26. The van der Waals surface area contributed by atoms with Crippen LogP contribution in [0.3, 0.4) is 0 Å². The van der Waals surface area contributed by atoms with Crippen molar-refractivity contribution in [1.29, 1.82) is 0 Å². The summed E-state index contributed by atoms with van der Waals surface area (Å²) in [5.74, 6) is -0.289. The second-order valence-corrected chi connectivity index (χ2v) is 5.93. The SMILES string of the molecule is CC(O)CC(C)(C)CNCc1c(F)cccc1Cl. The van der Waals surface area contributed by atoms with Crippen molar-refractivity contribution in [3.63, 3.8) is 0 Å². The molecule has 0 aliphatic rings. The fraction of sp³-hybridized carbons (Fsp3) is 0.571. The van der Waals surface area contributed by atoms with Crippen LogP contribution < -0.4 is 5.32 Å². The predicted octanol–water partition coefficient (Wildman–Crippen LogP) is 3.37. The van der Waals surface area contributed by atoms with Crippen molar-refractivity contribution >= 4 is 11.6 Å². The number of benzene rings is 1. The van der Waals surface area contributed by atoms with Crippen LogP contribution in [0.1, 0.15) is 32.8 Å². The minimum absolute atomic E-state index is 0.0358. The van der Waals surface area contributed by atoms with Crippen LogP contribution in [-0.4, -0.2) is 17.8 Å². The van der Waals surface area contributed by atoms with Crippen molar-refractivity contribution in [1.82, 2.24) is 5.32 Å². The molecule has 0 bridgehead atoms. The maximum atomic E-state index is 13.5. The molecule has 102 valence electrons. The summed E-state index contributed by atoms with van der Waals surface area (Å²) in [6.07, 6.45) is 0.365. The number of hydrogen-bond donors (Lipinski definition) is 2. The van der Waals surface area contributed by atoms with Crippen LogP contribution in [0.5, 0.6) is 0 Å². The van der Waals surface area contributed by atoms with E-state index in [1.165, 1.54) is 6.07 Å². The smallest absolute Gasteiger partial charge is 0.129 e. The quantitative estimate of drug-likeness (QED) is 0.833. The lowest BCUT2D eigenvalue weighted by molar-refractivity contribution is 0.128. The fourth-order valence-corrected chi connectivity index (χ4v) is 2.33. The van der Waals surface area contributed by atoms with Gasteiger partial charge in [-0.05, 0) is 30.9 Å². The van der Waals surface area contributed by atoms with Gasteiger partial charge >= 0.3 is 0 Å². The highest BCUT2D eigenvalue weighted by Crippen LogP contribution is 2.22. The van der Waals surface area contributed by atoms with E-state index in [1.54, 1.807) is 19.1 Å². The third-order valence-electron chi connectivity index (χ3n) is 2.82. The molecule has 2 nitrogen and oxygen atoms in total. The zero-order chi connectivity index (χ0) is 13.8. The molecule has 1 unspecified atom stereocenters. The molecule has 0 saturated carbocycles. The van der Waals surface area contributed by atoms with Crippen molar-refractivity contribution in [3.05, 3.63) is 34.6 Å². The molecule has 18 heavy (non-hydrogen) atoms. The largest absolute Gasteiger partial charge is 0.393 e. The maximum Gasteiger partial charge on any atom is 0.129 e. The zero-order valence-corrected chi connectivity index (χ0v) is 11.9. The van der Waals surface area contributed by atoms with Crippen LogP contribution in [0.2, 0.25) is 5.02 Å². The number of halogens is 2. The highest BCUT2D eigenvalue weighted by molar-refractivity contribution is 6.31. The Balaban J connectivity index is 2.51. The standard InChI is InChI=1S/C14H21ClFNO/c1-10(18)7-14(2,3)9-17-8-11-12(15)5-4-6-13(11)16/h4-6,10,17-18H,7-9H2,1-3H3. The number of aliphatic hydroxyl groups excluding tert-OH is 1. The van der Waals surface area contributed by atoms with Gasteiger partial charge in [-0.15, -0.1) is 0 Å². The van der Waals surface area contributed by atoms with E-state index in [0.717, 1.165) is 0 Å². The number of hydrogen-bond acceptors (Lipinski definition) is 2. The molecule has 0 spiro atoms. The maximum absolute atomic E-state index is 13.5. The van der Waals surface area contributed by atoms with E-state index in [-0.39, 0.29) is 17.3 Å². The molecule has 0 aromatic heterocycles. The van der Waals surface area contributed by atoms with Crippen LogP contribution in [0, 0.1) is 11.2 Å². The monoisotopic (exact) mass is 273 g/mol. The lowest BCUT2D eigenvalue weighted by Crippen LogP contribution is -2.32. The molecule has 4 heteroatoms. The molecular formula is C14H21ClFNO. The van der Waals surface area contributed by atoms with Gasteiger partial charge in [-0.2, -0.15) is 0 Å². The summed E-state index contributed by atoms with van der Waals surface area (Å²) in [5.41, 5.74) is 0.457. The van der Waals surface area contributed by atoms with Gasteiger partial charge in [0.25, 0.3) is 0 Å². The predicted molar refractivity (Wildman–Crippen MR) is 73.2 cm³/mol. The molecule has 0 amide bonds. The van der Waals surface area contributed by atoms with Crippen molar-refractivity contribution in [3.8, 4) is 0 Å². The molecular weight excluding hydrogens is 253 g/mol. The molecule has 0 saturated heterocycles. The van der Waals surface area contributed by atoms with E-state index in [0.29, 0.717) is 30.1 Å². The average Bonchev–Trinajstić information content (AvgIpc) is 2.20. The summed E-state index contributed by atoms with van der Waals surface area (Å²) in [5, 5.41) is 13.0. The summed E-state index contributed by atoms with van der Waals surface area (Å²) in [6.45, 7) is 7.00. The van der Waals surface area contributed by atoms with Crippen LogP contribution in [-0.2, 0) is 6.54 Å². The van der Waals surface area contributed by atoms with E-state index in [2.05, 4.69) is 19.2 Å². The number of rotatable bonds is 6. The van der Waals surface area contributed by atoms with E-state index in [9.17, 15) is 9.50 Å². The molecule has 2 N–H and O–H groups in total. The Labute approximate surface area is 113 Å². The summed E-state index contributed by atoms with van der Waals surface area (Å²) in [6, 6.07) is 4.69. The fourth-order valence-electron chi connectivity index (χ4n) is 2.10. The Hall–Kier alpha value is -0.640. The van der Waals surface area contributed by atoms with E-state index in [4.69, 9.17) is 11.6 Å². The molecule has 0 heterocycles. The second kappa shape index (κ2) is 6.50. The van der Waals surface area contributed by atoms with Crippen molar-refractivity contribution in [2.75, 3.05) is 6.54 Å². The van der Waals surface area contributed by atoms with Crippen molar-refractivity contribution in [2.45, 2.75) is 39.8 Å². The normalized spacial score (nSPS) is 13.7. The van der Waals surface area contributed by atoms with Gasteiger partial charge in [-0.1, -0.05) is 31.5 Å². The third kappa shape index (κ3) is 4.92. The van der Waals surface area contributed by atoms with Gasteiger partial charge < -0.3 is 10.4 Å². The Morgan fingerprint density at radius 1 is 1.44 bits per heavy atom. The van der Waals surface area contributed by atoms with Crippen molar-refractivity contribution in [2.24, 2.45) is 5.41 Å². The van der Waals surface area contributed by atoms with Gasteiger partial charge in [0, 0.05) is 23.7 Å². The van der Waals surface area contributed by atoms with Crippen LogP contribution in [0.15, 0.2) is 18.2 Å². The van der Waals surface area contributed by atoms with Gasteiger partial charge in [0.05, 0.1) is 6.10 Å². The molecule has 0 aliphatic heterocycles. The Morgan fingerprint density at radius 2 is 2.11 bits per heavy atom. The zero-order valence-electron chi connectivity index (χ0n) is 11.1. The summed E-state index contributed by atoms with van der Waals surface area (Å²) >= 11 is 5.94. The molecule has 1 atom stereocenters. The number of aliphatic hydroxyl groups is 1. The van der Waals surface area contributed by atoms with E-state index < -0.39 is 0 Å². The molecule has 1 aromatic rings. The first kappa shape index (κ1) is 15.4. The minimum atomic E-state index is -0.334. The lowest BCUT2D eigenvalue weighted by atomic mass is 9.87. The van der Waals surface area contributed by atoms with Gasteiger partial charge in [0.2, 0.25) is 0 Å². The summed E-state index contributed by atoms with van der Waals surface area (Å²) in [7, 11) is 0. The van der Waals surface area contributed by atoms with Crippen molar-refractivity contribution < 1.29 is 9.50 Å². The van der Waals surface area contributed by atoms with Gasteiger partial charge in [-0.3, -0.25) is 0 Å². The molecule has 1 aromatic carbocycles. The Morgan fingerprint density at radius 3 is 2.67 bits per heavy atom. The summed E-state index contributed by atoms with van der Waals surface area (Å²) < 4.78 is 13.5. The van der Waals surface area contributed by atoms with Gasteiger partial charge in [0.15, 0.2) is 0 Å². The molecule has 1 rings (SSSR count). The third-order valence-corrected chi connectivity index (χ3v) is 3.17. The Kier molecular flexibility index (Phi) is 5.57.